The van der Waals surface area contributed by atoms with Crippen LogP contribution < -0.4 is 5.32 Å². The predicted octanol–water partition coefficient (Wildman–Crippen LogP) is 19.0. The quantitative estimate of drug-likeness (QED) is 0.0204. The topological polar surface area (TPSA) is 228 Å². The summed E-state index contributed by atoms with van der Waals surface area (Å²) in [7, 11) is 0. The van der Waals surface area contributed by atoms with Crippen LogP contribution in [0.25, 0.3) is 0 Å². The van der Waals surface area contributed by atoms with Gasteiger partial charge in [-0.2, -0.15) is 0 Å². The van der Waals surface area contributed by atoms with Crippen LogP contribution in [0, 0.1) is 0 Å². The Morgan fingerprint density at radius 3 is 1.02 bits per heavy atom. The van der Waals surface area contributed by atoms with Gasteiger partial charge in [-0.25, -0.2) is 0 Å². The summed E-state index contributed by atoms with van der Waals surface area (Å²) in [5, 5.41) is 87.7. The van der Waals surface area contributed by atoms with Gasteiger partial charge in [-0.3, -0.25) is 4.79 Å². The lowest BCUT2D eigenvalue weighted by Gasteiger charge is -2.46. The average Bonchev–Trinajstić information content (AvgIpc) is 0.797. The van der Waals surface area contributed by atoms with Crippen molar-refractivity contribution in [3.8, 4) is 0 Å². The molecule has 0 aromatic carbocycles. The molecule has 568 valence electrons. The summed E-state index contributed by atoms with van der Waals surface area (Å²) >= 11 is 0. The summed E-state index contributed by atoms with van der Waals surface area (Å²) < 4.78 is 22.9. The highest BCUT2D eigenvalue weighted by Crippen LogP contribution is 2.30. The first kappa shape index (κ1) is 90.6. The third-order valence-electron chi connectivity index (χ3n) is 20.6. The zero-order chi connectivity index (χ0) is 69.4. The van der Waals surface area contributed by atoms with Crippen molar-refractivity contribution in [3.05, 3.63) is 24.3 Å². The third kappa shape index (κ3) is 49.1. The highest BCUT2D eigenvalue weighted by atomic mass is 16.7. The first-order valence-electron chi connectivity index (χ1n) is 41.6. The number of ether oxygens (including phenoxy) is 4. The van der Waals surface area contributed by atoms with Crippen molar-refractivity contribution in [1.29, 1.82) is 0 Å². The SMILES string of the molecule is CCCCCCCCCCCCCCCCCCCCCCCC/C=C/CC/C=C/C(O)C(COC1OC(CO)C(OC2OC(CO)C(O)C(O)C2O)C(O)C1O)NC(=O)CCCCCCCCCCCCCCCCCCCCCCCCCCCCCCCCCCCC. The molecule has 0 aliphatic carbocycles. The molecular formula is C82H157NO13. The van der Waals surface area contributed by atoms with Crippen LogP contribution >= 0.6 is 0 Å². The second-order valence-electron chi connectivity index (χ2n) is 29.6. The first-order valence-corrected chi connectivity index (χ1v) is 41.6. The van der Waals surface area contributed by atoms with Crippen molar-refractivity contribution in [2.45, 2.75) is 473 Å². The summed E-state index contributed by atoms with van der Waals surface area (Å²) in [6, 6.07) is -0.931. The molecule has 2 saturated heterocycles. The number of aliphatic hydroxyl groups excluding tert-OH is 8. The lowest BCUT2D eigenvalue weighted by Crippen LogP contribution is -2.65. The number of amides is 1. The molecule has 0 bridgehead atoms. The number of hydrogen-bond acceptors (Lipinski definition) is 13. The third-order valence-corrected chi connectivity index (χ3v) is 20.6. The standard InChI is InChI=1S/C82H157NO13/c1-3-5-7-9-11-13-15-17-19-21-23-25-27-29-31-33-34-35-36-37-38-40-42-44-46-48-50-52-54-56-58-60-62-64-66-74(87)83-70(69-93-81-79(92)77(90)80(73(68-85)95-81)96-82-78(91)76(89)75(88)72(67-84)94-82)71(86)65-63-61-59-57-55-53-51-49-47-45-43-41-39-32-30-28-26-24-22-20-18-16-14-12-10-8-6-4-2/h55,57,63,65,70-73,75-82,84-86,88-92H,3-54,56,58-62,64,66-69H2,1-2H3,(H,83,87)/b57-55+,65-63+. The zero-order valence-corrected chi connectivity index (χ0v) is 62.4. The van der Waals surface area contributed by atoms with Crippen molar-refractivity contribution in [2.75, 3.05) is 19.8 Å². The minimum Gasteiger partial charge on any atom is -0.394 e. The Kier molecular flexibility index (Phi) is 62.9. The maximum Gasteiger partial charge on any atom is 0.220 e. The summed E-state index contributed by atoms with van der Waals surface area (Å²) in [6.45, 7) is 2.86. The van der Waals surface area contributed by atoms with E-state index in [0.717, 1.165) is 32.1 Å². The van der Waals surface area contributed by atoms with E-state index in [0.29, 0.717) is 12.8 Å². The van der Waals surface area contributed by atoms with E-state index in [9.17, 15) is 45.6 Å². The monoisotopic (exact) mass is 1360 g/mol. The van der Waals surface area contributed by atoms with Gasteiger partial charge in [-0.1, -0.05) is 385 Å². The molecular weight excluding hydrogens is 1210 g/mol. The van der Waals surface area contributed by atoms with Gasteiger partial charge in [-0.15, -0.1) is 0 Å². The predicted molar refractivity (Wildman–Crippen MR) is 397 cm³/mol. The maximum absolute atomic E-state index is 13.4. The molecule has 0 radical (unpaired) electrons. The lowest BCUT2D eigenvalue weighted by atomic mass is 9.97. The molecule has 12 unspecified atom stereocenters. The number of carbonyl (C=O) groups excluding carboxylic acids is 1. The molecule has 2 aliphatic heterocycles. The average molecular weight is 1370 g/mol. The molecule has 14 nitrogen and oxygen atoms in total. The van der Waals surface area contributed by atoms with Crippen LogP contribution in [0.5, 0.6) is 0 Å². The van der Waals surface area contributed by atoms with Gasteiger partial charge in [0.2, 0.25) is 5.91 Å². The normalized spacial score (nSPS) is 22.3. The van der Waals surface area contributed by atoms with E-state index in [1.807, 2.05) is 6.08 Å². The van der Waals surface area contributed by atoms with Crippen LogP contribution in [-0.2, 0) is 23.7 Å². The Balaban J connectivity index is 1.60. The second kappa shape index (κ2) is 66.7. The fourth-order valence-corrected chi connectivity index (χ4v) is 14.1. The number of allylic oxidation sites excluding steroid dienone is 3. The molecule has 12 atom stereocenters. The van der Waals surface area contributed by atoms with E-state index in [2.05, 4.69) is 31.3 Å². The van der Waals surface area contributed by atoms with E-state index in [-0.39, 0.29) is 18.9 Å². The molecule has 0 spiro atoms. The molecule has 0 aromatic rings. The maximum atomic E-state index is 13.4. The molecule has 9 N–H and O–H groups in total. The Labute approximate surface area is 589 Å². The van der Waals surface area contributed by atoms with Crippen molar-refractivity contribution < 1.29 is 64.6 Å². The largest absolute Gasteiger partial charge is 0.394 e. The van der Waals surface area contributed by atoms with E-state index in [4.69, 9.17) is 18.9 Å². The fraction of sp³-hybridized carbons (Fsp3) is 0.939. The van der Waals surface area contributed by atoms with Crippen LogP contribution in [0.3, 0.4) is 0 Å². The summed E-state index contributed by atoms with van der Waals surface area (Å²) in [5.41, 5.74) is 0. The number of aliphatic hydroxyl groups is 8. The highest BCUT2D eigenvalue weighted by Gasteiger charge is 2.51. The van der Waals surface area contributed by atoms with Gasteiger partial charge in [0.25, 0.3) is 0 Å². The number of carbonyl (C=O) groups is 1. The summed E-state index contributed by atoms with van der Waals surface area (Å²) in [5.74, 6) is -0.239. The van der Waals surface area contributed by atoms with Gasteiger partial charge in [0, 0.05) is 6.42 Å². The Morgan fingerprint density at radius 2 is 0.667 bits per heavy atom. The number of unbranched alkanes of at least 4 members (excludes halogenated alkanes) is 56. The number of hydrogen-bond donors (Lipinski definition) is 9. The Hall–Kier alpha value is -1.53. The van der Waals surface area contributed by atoms with E-state index >= 15 is 0 Å². The molecule has 2 heterocycles. The number of nitrogens with one attached hydrogen (secondary N) is 1. The minimum absolute atomic E-state index is 0.239. The summed E-state index contributed by atoms with van der Waals surface area (Å²) in [4.78, 5) is 13.4. The zero-order valence-electron chi connectivity index (χ0n) is 62.4. The van der Waals surface area contributed by atoms with Gasteiger partial charge >= 0.3 is 0 Å². The van der Waals surface area contributed by atoms with Gasteiger partial charge < -0.3 is 65.1 Å². The highest BCUT2D eigenvalue weighted by molar-refractivity contribution is 5.76. The van der Waals surface area contributed by atoms with E-state index < -0.39 is 86.8 Å². The second-order valence-corrected chi connectivity index (χ2v) is 29.6. The Bertz CT molecular complexity index is 1700. The molecule has 0 aromatic heterocycles. The summed E-state index contributed by atoms with van der Waals surface area (Å²) in [6.07, 6.45) is 70.0. The molecule has 0 saturated carbocycles. The van der Waals surface area contributed by atoms with Crippen LogP contribution in [0.4, 0.5) is 0 Å². The molecule has 2 aliphatic rings. The first-order chi connectivity index (χ1) is 47.1. The van der Waals surface area contributed by atoms with Crippen LogP contribution in [0.2, 0.25) is 0 Å². The van der Waals surface area contributed by atoms with Crippen LogP contribution in [0.15, 0.2) is 24.3 Å². The van der Waals surface area contributed by atoms with Gasteiger partial charge in [0.1, 0.15) is 48.8 Å². The van der Waals surface area contributed by atoms with Crippen LogP contribution in [-0.4, -0.2) is 140 Å². The van der Waals surface area contributed by atoms with Gasteiger partial charge in [-0.05, 0) is 32.1 Å². The van der Waals surface area contributed by atoms with E-state index in [1.165, 1.54) is 334 Å². The molecule has 2 fully saturated rings. The Morgan fingerprint density at radius 1 is 0.365 bits per heavy atom. The lowest BCUT2D eigenvalue weighted by molar-refractivity contribution is -0.359. The van der Waals surface area contributed by atoms with Crippen molar-refractivity contribution in [3.63, 3.8) is 0 Å². The number of rotatable bonds is 71. The molecule has 14 heteroatoms. The molecule has 2 rings (SSSR count). The molecule has 1 amide bonds. The van der Waals surface area contributed by atoms with Crippen molar-refractivity contribution in [1.82, 2.24) is 5.32 Å². The smallest absolute Gasteiger partial charge is 0.220 e. The molecule has 96 heavy (non-hydrogen) atoms. The van der Waals surface area contributed by atoms with E-state index in [1.54, 1.807) is 6.08 Å². The van der Waals surface area contributed by atoms with Crippen molar-refractivity contribution in [2.24, 2.45) is 0 Å². The van der Waals surface area contributed by atoms with Gasteiger partial charge in [0.05, 0.1) is 32.0 Å². The van der Waals surface area contributed by atoms with Gasteiger partial charge in [0.15, 0.2) is 12.6 Å². The fourth-order valence-electron chi connectivity index (χ4n) is 14.1. The minimum atomic E-state index is -1.79. The van der Waals surface area contributed by atoms with Crippen molar-refractivity contribution >= 4 is 5.91 Å². The van der Waals surface area contributed by atoms with Crippen LogP contribution in [0.1, 0.15) is 399 Å².